The van der Waals surface area contributed by atoms with Crippen LogP contribution in [-0.4, -0.2) is 18.4 Å². The number of carbonyl (C=O) groups excluding carboxylic acids is 1. The predicted octanol–water partition coefficient (Wildman–Crippen LogP) is 2.26. The van der Waals surface area contributed by atoms with Crippen LogP contribution in [0.5, 0.6) is 5.75 Å². The van der Waals surface area contributed by atoms with Gasteiger partial charge in [-0.25, -0.2) is 0 Å². The van der Waals surface area contributed by atoms with Crippen LogP contribution < -0.4 is 10.1 Å². The Morgan fingerprint density at radius 1 is 1.43 bits per heavy atom. The van der Waals surface area contributed by atoms with Crippen molar-refractivity contribution in [2.24, 2.45) is 0 Å². The van der Waals surface area contributed by atoms with Gasteiger partial charge in [0.1, 0.15) is 5.75 Å². The molecule has 0 atom stereocenters. The van der Waals surface area contributed by atoms with Crippen LogP contribution in [0.4, 0.5) is 5.69 Å². The van der Waals surface area contributed by atoms with Crippen molar-refractivity contribution >= 4 is 22.5 Å². The van der Waals surface area contributed by atoms with Gasteiger partial charge in [0.2, 0.25) is 5.24 Å². The van der Waals surface area contributed by atoms with Gasteiger partial charge in [-0.05, 0) is 42.8 Å². The first-order chi connectivity index (χ1) is 6.72. The summed E-state index contributed by atoms with van der Waals surface area (Å²) in [5, 5.41) is 2.47. The number of rotatable bonds is 5. The quantitative estimate of drug-likeness (QED) is 0.763. The molecular formula is C10H12ClNO2. The zero-order valence-corrected chi connectivity index (χ0v) is 8.67. The van der Waals surface area contributed by atoms with Crippen LogP contribution in [0, 0.1) is 0 Å². The molecule has 1 N–H and O–H groups in total. The number of nitrogens with one attached hydrogen (secondary N) is 1. The van der Waals surface area contributed by atoms with Crippen molar-refractivity contribution < 1.29 is 9.53 Å². The molecule has 0 aromatic heterocycles. The van der Waals surface area contributed by atoms with E-state index in [1.165, 1.54) is 0 Å². The van der Waals surface area contributed by atoms with E-state index < -0.39 is 5.24 Å². The monoisotopic (exact) mass is 213 g/mol. The summed E-state index contributed by atoms with van der Waals surface area (Å²) in [6, 6.07) is 7.35. The highest BCUT2D eigenvalue weighted by molar-refractivity contribution is 6.64. The van der Waals surface area contributed by atoms with Crippen LogP contribution in [-0.2, 0) is 4.79 Å². The van der Waals surface area contributed by atoms with Crippen LogP contribution in [0.15, 0.2) is 24.3 Å². The first kappa shape index (κ1) is 10.9. The van der Waals surface area contributed by atoms with Crippen molar-refractivity contribution in [3.63, 3.8) is 0 Å². The predicted molar refractivity (Wildman–Crippen MR) is 57.0 cm³/mol. The van der Waals surface area contributed by atoms with Gasteiger partial charge in [0.15, 0.2) is 0 Å². The minimum Gasteiger partial charge on any atom is -0.494 e. The molecule has 0 aliphatic heterocycles. The molecule has 0 saturated heterocycles. The lowest BCUT2D eigenvalue weighted by Gasteiger charge is -2.05. The number of anilines is 1. The third kappa shape index (κ3) is 3.66. The Morgan fingerprint density at radius 3 is 2.57 bits per heavy atom. The van der Waals surface area contributed by atoms with Crippen LogP contribution >= 0.6 is 11.6 Å². The Labute approximate surface area is 88.0 Å². The van der Waals surface area contributed by atoms with Gasteiger partial charge >= 0.3 is 0 Å². The molecule has 0 amide bonds. The average molecular weight is 214 g/mol. The maximum Gasteiger partial charge on any atom is 0.240 e. The Hall–Kier alpha value is -1.22. The Morgan fingerprint density at radius 2 is 2.07 bits per heavy atom. The summed E-state index contributed by atoms with van der Waals surface area (Å²) in [6.45, 7) is 2.71. The second-order valence-electron chi connectivity index (χ2n) is 2.67. The molecule has 0 bridgehead atoms. The molecule has 0 fully saturated rings. The molecule has 0 unspecified atom stereocenters. The molecule has 1 aromatic rings. The van der Waals surface area contributed by atoms with Crippen molar-refractivity contribution in [1.82, 2.24) is 0 Å². The molecule has 0 spiro atoms. The van der Waals surface area contributed by atoms with E-state index in [9.17, 15) is 4.79 Å². The lowest BCUT2D eigenvalue weighted by atomic mass is 10.3. The lowest BCUT2D eigenvalue weighted by Crippen LogP contribution is -2.07. The van der Waals surface area contributed by atoms with E-state index in [1.807, 2.05) is 31.2 Å². The minimum atomic E-state index is -0.404. The van der Waals surface area contributed by atoms with Gasteiger partial charge in [-0.1, -0.05) is 0 Å². The van der Waals surface area contributed by atoms with Gasteiger partial charge in [-0.2, -0.15) is 0 Å². The Kier molecular flexibility index (Phi) is 4.26. The molecule has 0 aliphatic rings. The van der Waals surface area contributed by atoms with Crippen molar-refractivity contribution in [1.29, 1.82) is 0 Å². The number of ether oxygens (including phenoxy) is 1. The van der Waals surface area contributed by atoms with Gasteiger partial charge in [0.25, 0.3) is 0 Å². The van der Waals surface area contributed by atoms with Crippen LogP contribution in [0.1, 0.15) is 6.92 Å². The van der Waals surface area contributed by atoms with Gasteiger partial charge in [0, 0.05) is 5.69 Å². The third-order valence-electron chi connectivity index (χ3n) is 1.60. The summed E-state index contributed by atoms with van der Waals surface area (Å²) in [7, 11) is 0. The number of benzene rings is 1. The van der Waals surface area contributed by atoms with E-state index in [4.69, 9.17) is 16.3 Å². The Balaban J connectivity index is 2.50. The van der Waals surface area contributed by atoms with E-state index >= 15 is 0 Å². The highest BCUT2D eigenvalue weighted by atomic mass is 35.5. The highest BCUT2D eigenvalue weighted by Gasteiger charge is 1.96. The molecule has 0 saturated carbocycles. The highest BCUT2D eigenvalue weighted by Crippen LogP contribution is 2.15. The number of hydrogen-bond acceptors (Lipinski definition) is 3. The lowest BCUT2D eigenvalue weighted by molar-refractivity contribution is -0.110. The number of hydrogen-bond donors (Lipinski definition) is 1. The summed E-state index contributed by atoms with van der Waals surface area (Å²) < 4.78 is 5.27. The first-order valence-corrected chi connectivity index (χ1v) is 4.75. The van der Waals surface area contributed by atoms with Gasteiger partial charge in [-0.3, -0.25) is 4.79 Å². The number of carbonyl (C=O) groups is 1. The largest absolute Gasteiger partial charge is 0.494 e. The van der Waals surface area contributed by atoms with Gasteiger partial charge in [0.05, 0.1) is 13.2 Å². The fraction of sp³-hybridized carbons (Fsp3) is 0.300. The van der Waals surface area contributed by atoms with Crippen molar-refractivity contribution in [3.05, 3.63) is 24.3 Å². The molecule has 0 heterocycles. The molecule has 0 aliphatic carbocycles. The van der Waals surface area contributed by atoms with E-state index in [2.05, 4.69) is 5.32 Å². The van der Waals surface area contributed by atoms with E-state index in [1.54, 1.807) is 0 Å². The van der Waals surface area contributed by atoms with E-state index in [0.29, 0.717) is 6.61 Å². The summed E-state index contributed by atoms with van der Waals surface area (Å²) in [5.74, 6) is 0.815. The molecule has 1 rings (SSSR count). The summed E-state index contributed by atoms with van der Waals surface area (Å²) in [4.78, 5) is 10.5. The van der Waals surface area contributed by atoms with Gasteiger partial charge in [-0.15, -0.1) is 0 Å². The van der Waals surface area contributed by atoms with Crippen LogP contribution in [0.2, 0.25) is 0 Å². The minimum absolute atomic E-state index is 0.134. The molecule has 76 valence electrons. The van der Waals surface area contributed by atoms with E-state index in [0.717, 1.165) is 11.4 Å². The zero-order valence-electron chi connectivity index (χ0n) is 7.92. The zero-order chi connectivity index (χ0) is 10.4. The number of halogens is 1. The van der Waals surface area contributed by atoms with Crippen LogP contribution in [0.25, 0.3) is 0 Å². The molecule has 3 nitrogen and oxygen atoms in total. The topological polar surface area (TPSA) is 38.3 Å². The summed E-state index contributed by atoms with van der Waals surface area (Å²) in [5.41, 5.74) is 0.849. The van der Waals surface area contributed by atoms with Crippen LogP contribution in [0.3, 0.4) is 0 Å². The Bertz CT molecular complexity index is 297. The smallest absolute Gasteiger partial charge is 0.240 e. The fourth-order valence-corrected chi connectivity index (χ4v) is 1.07. The molecular weight excluding hydrogens is 202 g/mol. The van der Waals surface area contributed by atoms with Crippen molar-refractivity contribution in [2.45, 2.75) is 6.92 Å². The second kappa shape index (κ2) is 5.50. The normalized spacial score (nSPS) is 9.57. The molecule has 14 heavy (non-hydrogen) atoms. The van der Waals surface area contributed by atoms with Crippen molar-refractivity contribution in [3.8, 4) is 5.75 Å². The van der Waals surface area contributed by atoms with Crippen molar-refractivity contribution in [2.75, 3.05) is 18.5 Å². The average Bonchev–Trinajstić information content (AvgIpc) is 2.17. The van der Waals surface area contributed by atoms with E-state index in [-0.39, 0.29) is 6.54 Å². The standard InChI is InChI=1S/C10H12ClNO2/c1-2-14-9-5-3-8(4-6-9)12-7-10(11)13/h3-6,12H,2,7H2,1H3. The molecule has 4 heteroatoms. The third-order valence-corrected chi connectivity index (χ3v) is 1.73. The second-order valence-corrected chi connectivity index (χ2v) is 3.09. The SMILES string of the molecule is CCOc1ccc(NCC(=O)Cl)cc1. The van der Waals surface area contributed by atoms with Gasteiger partial charge < -0.3 is 10.1 Å². The maximum atomic E-state index is 10.5. The first-order valence-electron chi connectivity index (χ1n) is 4.37. The summed E-state index contributed by atoms with van der Waals surface area (Å²) in [6.07, 6.45) is 0. The fourth-order valence-electron chi connectivity index (χ4n) is 1.01. The molecule has 0 radical (unpaired) electrons. The maximum absolute atomic E-state index is 10.5. The summed E-state index contributed by atoms with van der Waals surface area (Å²) >= 11 is 5.18. The molecule has 1 aromatic carbocycles.